The molecule has 3 aromatic rings. The highest BCUT2D eigenvalue weighted by Crippen LogP contribution is 2.42. The number of nitrogens with zero attached hydrogens (tertiary/aromatic N) is 1. The van der Waals surface area contributed by atoms with Crippen molar-refractivity contribution >= 4 is 46.9 Å². The Morgan fingerprint density at radius 1 is 0.975 bits per heavy atom. The Morgan fingerprint density at radius 3 is 2.25 bits per heavy atom. The van der Waals surface area contributed by atoms with Gasteiger partial charge in [0, 0.05) is 10.6 Å². The van der Waals surface area contributed by atoms with Gasteiger partial charge < -0.3 is 14.8 Å². The molecule has 1 saturated heterocycles. The smallest absolute Gasteiger partial charge is 0.356 e. The van der Waals surface area contributed by atoms with Crippen LogP contribution < -0.4 is 5.32 Å². The third-order valence-electron chi connectivity index (χ3n) is 6.51. The summed E-state index contributed by atoms with van der Waals surface area (Å²) in [5.41, 5.74) is 1.44. The molecule has 0 bridgehead atoms. The van der Waals surface area contributed by atoms with E-state index in [1.807, 2.05) is 85.1 Å². The van der Waals surface area contributed by atoms with Crippen LogP contribution in [-0.4, -0.2) is 52.4 Å². The highest BCUT2D eigenvalue weighted by Gasteiger charge is 2.55. The third kappa shape index (κ3) is 5.83. The molecule has 1 aromatic heterocycles. The van der Waals surface area contributed by atoms with E-state index in [2.05, 4.69) is 5.32 Å². The van der Waals surface area contributed by atoms with E-state index in [1.165, 1.54) is 28.0 Å². The number of β-lactam (4-membered cyclic amide) rings is 1. The zero-order valence-electron chi connectivity index (χ0n) is 21.8. The summed E-state index contributed by atoms with van der Waals surface area (Å²) in [7, 11) is 0. The van der Waals surface area contributed by atoms with Gasteiger partial charge in [-0.1, -0.05) is 73.7 Å². The molecule has 2 aliphatic rings. The van der Waals surface area contributed by atoms with Gasteiger partial charge >= 0.3 is 11.9 Å². The fourth-order valence-corrected chi connectivity index (χ4v) is 6.62. The van der Waals surface area contributed by atoms with E-state index in [4.69, 9.17) is 9.47 Å². The van der Waals surface area contributed by atoms with Crippen LogP contribution in [-0.2, 0) is 35.1 Å². The van der Waals surface area contributed by atoms with Gasteiger partial charge in [0.1, 0.15) is 17.1 Å². The summed E-state index contributed by atoms with van der Waals surface area (Å²) >= 11 is 2.77. The molecule has 8 nitrogen and oxygen atoms in total. The van der Waals surface area contributed by atoms with Crippen LogP contribution in [0.2, 0.25) is 0 Å². The lowest BCUT2D eigenvalue weighted by atomic mass is 10.0. The van der Waals surface area contributed by atoms with Crippen LogP contribution in [0.15, 0.2) is 89.4 Å². The van der Waals surface area contributed by atoms with Gasteiger partial charge in [-0.15, -0.1) is 23.1 Å². The maximum atomic E-state index is 13.8. The Hall–Kier alpha value is -3.89. The Balaban J connectivity index is 1.42. The number of nitrogens with one attached hydrogen (secondary N) is 1. The topological polar surface area (TPSA) is 102 Å². The number of fused-ring (bicyclic) bond motifs is 1. The standard InChI is InChI=1S/C30H28N2O6S2/c1-2-15-37-29(35)22-18-40-28-24(31-23(33)17-21-14-9-16-39-21)27(34)32(28)25(22)30(36)38-26(19-10-5-3-6-11-19)20-12-7-4-8-13-20/h3-14,16,24,26,28H,2,15,17-18H2,1H3,(H,31,33)/t24?,28-/m1/s1. The SMILES string of the molecule is CCCOC(=O)C1=C(C(=O)OC(c2ccccc2)c2ccccc2)N2C(=O)C(NC(=O)Cc3cccs3)[C@H]2SC1. The molecule has 10 heteroatoms. The summed E-state index contributed by atoms with van der Waals surface area (Å²) < 4.78 is 11.4. The predicted molar refractivity (Wildman–Crippen MR) is 152 cm³/mol. The summed E-state index contributed by atoms with van der Waals surface area (Å²) in [6, 6.07) is 21.4. The summed E-state index contributed by atoms with van der Waals surface area (Å²) in [5, 5.41) is 4.14. The van der Waals surface area contributed by atoms with Crippen LogP contribution in [0, 0.1) is 0 Å². The normalized spacial score (nSPS) is 18.1. The molecule has 1 N–H and O–H groups in total. The summed E-state index contributed by atoms with van der Waals surface area (Å²) in [6.07, 6.45) is 0.00852. The Morgan fingerprint density at radius 2 is 1.65 bits per heavy atom. The minimum Gasteiger partial charge on any atom is -0.462 e. The zero-order valence-corrected chi connectivity index (χ0v) is 23.4. The average molecular weight is 577 g/mol. The van der Waals surface area contributed by atoms with Crippen molar-refractivity contribution in [1.82, 2.24) is 10.2 Å². The molecule has 2 amide bonds. The maximum Gasteiger partial charge on any atom is 0.356 e. The van der Waals surface area contributed by atoms with Gasteiger partial charge in [0.2, 0.25) is 5.91 Å². The van der Waals surface area contributed by atoms with Crippen molar-refractivity contribution in [3.05, 3.63) is 105 Å². The second-order valence-electron chi connectivity index (χ2n) is 9.28. The number of hydrogen-bond donors (Lipinski definition) is 1. The van der Waals surface area contributed by atoms with Crippen molar-refractivity contribution in [3.63, 3.8) is 0 Å². The molecule has 3 heterocycles. The number of thioether (sulfide) groups is 1. The van der Waals surface area contributed by atoms with Crippen LogP contribution in [0.4, 0.5) is 0 Å². The number of rotatable bonds is 10. The zero-order chi connectivity index (χ0) is 28.1. The van der Waals surface area contributed by atoms with Crippen molar-refractivity contribution in [2.45, 2.75) is 37.3 Å². The molecule has 2 aromatic carbocycles. The van der Waals surface area contributed by atoms with E-state index in [-0.39, 0.29) is 36.0 Å². The average Bonchev–Trinajstić information content (AvgIpc) is 3.50. The molecule has 1 fully saturated rings. The van der Waals surface area contributed by atoms with Gasteiger partial charge in [-0.3, -0.25) is 14.5 Å². The number of amides is 2. The molecule has 0 radical (unpaired) electrons. The van der Waals surface area contributed by atoms with Crippen molar-refractivity contribution in [2.75, 3.05) is 12.4 Å². The number of esters is 2. The van der Waals surface area contributed by atoms with E-state index in [1.54, 1.807) is 0 Å². The molecule has 1 unspecified atom stereocenters. The minimum atomic E-state index is -0.812. The van der Waals surface area contributed by atoms with Gasteiger partial charge in [-0.2, -0.15) is 0 Å². The number of hydrogen-bond acceptors (Lipinski definition) is 8. The van der Waals surface area contributed by atoms with E-state index >= 15 is 0 Å². The van der Waals surface area contributed by atoms with Crippen LogP contribution in [0.3, 0.4) is 0 Å². The largest absolute Gasteiger partial charge is 0.462 e. The Labute approximate surface area is 240 Å². The van der Waals surface area contributed by atoms with Crippen molar-refractivity contribution in [2.24, 2.45) is 0 Å². The molecule has 2 atom stereocenters. The monoisotopic (exact) mass is 576 g/mol. The lowest BCUT2D eigenvalue weighted by molar-refractivity contribution is -0.155. The second-order valence-corrected chi connectivity index (χ2v) is 11.4. The highest BCUT2D eigenvalue weighted by atomic mass is 32.2. The van der Waals surface area contributed by atoms with Gasteiger partial charge in [-0.25, -0.2) is 9.59 Å². The van der Waals surface area contributed by atoms with Gasteiger partial charge in [0.15, 0.2) is 6.10 Å². The summed E-state index contributed by atoms with van der Waals surface area (Å²) in [5.74, 6) is -2.08. The number of ether oxygens (including phenoxy) is 2. The molecule has 5 rings (SSSR count). The fraction of sp³-hybridized carbons (Fsp3) is 0.267. The molecule has 0 spiro atoms. The maximum absolute atomic E-state index is 13.8. The molecule has 0 aliphatic carbocycles. The first kappa shape index (κ1) is 27.7. The third-order valence-corrected chi connectivity index (χ3v) is 8.66. The second kappa shape index (κ2) is 12.5. The minimum absolute atomic E-state index is 0.0799. The van der Waals surface area contributed by atoms with E-state index in [0.717, 1.165) is 16.0 Å². The Kier molecular flexibility index (Phi) is 8.66. The quantitative estimate of drug-likeness (QED) is 0.285. The number of carbonyl (C=O) groups excluding carboxylic acids is 4. The highest BCUT2D eigenvalue weighted by molar-refractivity contribution is 8.00. The van der Waals surface area contributed by atoms with E-state index in [0.29, 0.717) is 6.42 Å². The van der Waals surface area contributed by atoms with Crippen LogP contribution in [0.5, 0.6) is 0 Å². The number of carbonyl (C=O) groups is 4. The van der Waals surface area contributed by atoms with Gasteiger partial charge in [0.05, 0.1) is 18.6 Å². The van der Waals surface area contributed by atoms with Crippen LogP contribution in [0.1, 0.15) is 35.5 Å². The molecule has 40 heavy (non-hydrogen) atoms. The van der Waals surface area contributed by atoms with E-state index < -0.39 is 35.4 Å². The van der Waals surface area contributed by atoms with Crippen LogP contribution in [0.25, 0.3) is 0 Å². The van der Waals surface area contributed by atoms with Crippen molar-refractivity contribution in [1.29, 1.82) is 0 Å². The first-order valence-electron chi connectivity index (χ1n) is 13.0. The summed E-state index contributed by atoms with van der Waals surface area (Å²) in [6.45, 7) is 2.06. The Bertz CT molecular complexity index is 1370. The lowest BCUT2D eigenvalue weighted by Crippen LogP contribution is -2.71. The number of thiophene rings is 1. The predicted octanol–water partition coefficient (Wildman–Crippen LogP) is 4.23. The molecule has 206 valence electrons. The fourth-order valence-electron chi connectivity index (χ4n) is 4.59. The summed E-state index contributed by atoms with van der Waals surface area (Å²) in [4.78, 5) is 55.0. The van der Waals surface area contributed by atoms with Gasteiger partial charge in [-0.05, 0) is 29.0 Å². The van der Waals surface area contributed by atoms with Crippen molar-refractivity contribution < 1.29 is 28.7 Å². The van der Waals surface area contributed by atoms with Crippen molar-refractivity contribution in [3.8, 4) is 0 Å². The first-order valence-corrected chi connectivity index (χ1v) is 14.9. The van der Waals surface area contributed by atoms with Gasteiger partial charge in [0.25, 0.3) is 5.91 Å². The number of benzene rings is 2. The lowest BCUT2D eigenvalue weighted by Gasteiger charge is -2.49. The van der Waals surface area contributed by atoms with E-state index in [9.17, 15) is 19.2 Å². The molecular weight excluding hydrogens is 548 g/mol. The van der Waals surface area contributed by atoms with Crippen LogP contribution >= 0.6 is 23.1 Å². The molecule has 0 saturated carbocycles. The first-order chi connectivity index (χ1) is 19.5. The molecular formula is C30H28N2O6S2. The molecule has 2 aliphatic heterocycles.